The zero-order chi connectivity index (χ0) is 14.5. The van der Waals surface area contributed by atoms with Crippen LogP contribution in [0.1, 0.15) is 12.5 Å². The van der Waals surface area contributed by atoms with Crippen molar-refractivity contribution in [2.24, 2.45) is 0 Å². The average molecular weight is 287 g/mol. The highest BCUT2D eigenvalue weighted by Gasteiger charge is 2.14. The lowest BCUT2D eigenvalue weighted by molar-refractivity contribution is 0.162. The number of rotatable bonds is 7. The Balaban J connectivity index is 2.56. The summed E-state index contributed by atoms with van der Waals surface area (Å²) in [4.78, 5) is -0.0875. The summed E-state index contributed by atoms with van der Waals surface area (Å²) in [6, 6.07) is 3.81. The standard InChI is InChI=1S/C13H18FNO3S/c1-10(2)9-18-7-6-15-19(16,17)12-5-4-11(3)13(14)8-12/h4-5,8,15H,1,6-7,9H2,2-3H3. The molecule has 0 atom stereocenters. The van der Waals surface area contributed by atoms with E-state index in [9.17, 15) is 12.8 Å². The fourth-order valence-electron chi connectivity index (χ4n) is 1.32. The first-order valence-corrected chi connectivity index (χ1v) is 7.29. The van der Waals surface area contributed by atoms with Gasteiger partial charge in [0.05, 0.1) is 18.1 Å². The lowest BCUT2D eigenvalue weighted by Gasteiger charge is -2.08. The molecule has 0 radical (unpaired) electrons. The molecule has 0 aromatic heterocycles. The van der Waals surface area contributed by atoms with Crippen molar-refractivity contribution in [1.29, 1.82) is 0 Å². The molecule has 1 rings (SSSR count). The Bertz CT molecular complexity index is 555. The first-order chi connectivity index (χ1) is 8.83. The molecule has 0 unspecified atom stereocenters. The maximum Gasteiger partial charge on any atom is 0.240 e. The third-order valence-electron chi connectivity index (χ3n) is 2.34. The van der Waals surface area contributed by atoms with Crippen LogP contribution in [0.5, 0.6) is 0 Å². The molecule has 0 heterocycles. The van der Waals surface area contributed by atoms with Crippen LogP contribution in [0.4, 0.5) is 4.39 Å². The lowest BCUT2D eigenvalue weighted by atomic mass is 10.2. The van der Waals surface area contributed by atoms with Crippen LogP contribution >= 0.6 is 0 Å². The second-order valence-corrected chi connectivity index (χ2v) is 6.09. The van der Waals surface area contributed by atoms with Gasteiger partial charge in [-0.2, -0.15) is 0 Å². The van der Waals surface area contributed by atoms with Gasteiger partial charge in [0.15, 0.2) is 0 Å². The van der Waals surface area contributed by atoms with Gasteiger partial charge in [0.25, 0.3) is 0 Å². The first-order valence-electron chi connectivity index (χ1n) is 5.81. The van der Waals surface area contributed by atoms with Crippen molar-refractivity contribution in [3.8, 4) is 0 Å². The van der Waals surface area contributed by atoms with Crippen LogP contribution in [-0.2, 0) is 14.8 Å². The van der Waals surface area contributed by atoms with Crippen LogP contribution in [-0.4, -0.2) is 28.2 Å². The molecular formula is C13H18FNO3S. The van der Waals surface area contributed by atoms with Gasteiger partial charge in [-0.15, -0.1) is 0 Å². The maximum atomic E-state index is 13.3. The quantitative estimate of drug-likeness (QED) is 0.616. The number of halogens is 1. The molecule has 19 heavy (non-hydrogen) atoms. The van der Waals surface area contributed by atoms with E-state index in [-0.39, 0.29) is 18.0 Å². The lowest BCUT2D eigenvalue weighted by Crippen LogP contribution is -2.27. The number of aryl methyl sites for hydroxylation is 1. The maximum absolute atomic E-state index is 13.3. The fourth-order valence-corrected chi connectivity index (χ4v) is 2.34. The monoisotopic (exact) mass is 287 g/mol. The van der Waals surface area contributed by atoms with Crippen molar-refractivity contribution < 1.29 is 17.5 Å². The van der Waals surface area contributed by atoms with Crippen molar-refractivity contribution >= 4 is 10.0 Å². The number of hydrogen-bond donors (Lipinski definition) is 1. The van der Waals surface area contributed by atoms with Crippen molar-refractivity contribution in [3.05, 3.63) is 41.7 Å². The van der Waals surface area contributed by atoms with Crippen LogP contribution in [0.25, 0.3) is 0 Å². The SMILES string of the molecule is C=C(C)COCCNS(=O)(=O)c1ccc(C)c(F)c1. The summed E-state index contributed by atoms with van der Waals surface area (Å²) < 4.78 is 44.5. The van der Waals surface area contributed by atoms with E-state index in [0.717, 1.165) is 11.6 Å². The second-order valence-electron chi connectivity index (χ2n) is 4.32. The van der Waals surface area contributed by atoms with Crippen molar-refractivity contribution in [3.63, 3.8) is 0 Å². The molecule has 0 saturated heterocycles. The van der Waals surface area contributed by atoms with Gasteiger partial charge in [0.1, 0.15) is 5.82 Å². The Labute approximate surface area is 113 Å². The van der Waals surface area contributed by atoms with Crippen LogP contribution in [0, 0.1) is 12.7 Å². The van der Waals surface area contributed by atoms with Gasteiger partial charge < -0.3 is 4.74 Å². The average Bonchev–Trinajstić information content (AvgIpc) is 2.31. The van der Waals surface area contributed by atoms with Gasteiger partial charge >= 0.3 is 0 Å². The zero-order valence-electron chi connectivity index (χ0n) is 11.1. The predicted octanol–water partition coefficient (Wildman–Crippen LogP) is 2.01. The van der Waals surface area contributed by atoms with Crippen molar-refractivity contribution in [2.45, 2.75) is 18.7 Å². The molecule has 1 aromatic carbocycles. The summed E-state index contributed by atoms with van der Waals surface area (Å²) in [7, 11) is -3.69. The van der Waals surface area contributed by atoms with Crippen LogP contribution < -0.4 is 4.72 Å². The Hall–Kier alpha value is -1.24. The van der Waals surface area contributed by atoms with Gasteiger partial charge in [-0.05, 0) is 31.5 Å². The molecule has 106 valence electrons. The molecule has 0 bridgehead atoms. The Morgan fingerprint density at radius 1 is 1.47 bits per heavy atom. The minimum Gasteiger partial charge on any atom is -0.376 e. The summed E-state index contributed by atoms with van der Waals surface area (Å²) in [5, 5.41) is 0. The van der Waals surface area contributed by atoms with E-state index in [1.807, 2.05) is 6.92 Å². The minimum atomic E-state index is -3.69. The summed E-state index contributed by atoms with van der Waals surface area (Å²) >= 11 is 0. The Morgan fingerprint density at radius 2 is 2.16 bits per heavy atom. The molecule has 0 aliphatic rings. The normalized spacial score (nSPS) is 11.5. The number of sulfonamides is 1. The van der Waals surface area contributed by atoms with Gasteiger partial charge in [0.2, 0.25) is 10.0 Å². The zero-order valence-corrected chi connectivity index (χ0v) is 11.9. The summed E-state index contributed by atoms with van der Waals surface area (Å²) in [6.07, 6.45) is 0. The van der Waals surface area contributed by atoms with Gasteiger partial charge in [-0.1, -0.05) is 18.2 Å². The largest absolute Gasteiger partial charge is 0.376 e. The highest BCUT2D eigenvalue weighted by Crippen LogP contribution is 2.13. The molecule has 0 saturated carbocycles. The summed E-state index contributed by atoms with van der Waals surface area (Å²) in [5.41, 5.74) is 1.27. The molecule has 1 aromatic rings. The van der Waals surface area contributed by atoms with Gasteiger partial charge in [-0.25, -0.2) is 17.5 Å². The molecule has 1 N–H and O–H groups in total. The predicted molar refractivity (Wildman–Crippen MR) is 72.0 cm³/mol. The minimum absolute atomic E-state index is 0.0875. The van der Waals surface area contributed by atoms with Gasteiger partial charge in [0, 0.05) is 6.54 Å². The number of benzene rings is 1. The van der Waals surface area contributed by atoms with E-state index in [4.69, 9.17) is 4.74 Å². The third kappa shape index (κ3) is 5.10. The topological polar surface area (TPSA) is 55.4 Å². The van der Waals surface area contributed by atoms with E-state index in [0.29, 0.717) is 12.2 Å². The molecule has 0 aliphatic carbocycles. The van der Waals surface area contributed by atoms with E-state index < -0.39 is 15.8 Å². The van der Waals surface area contributed by atoms with E-state index in [1.165, 1.54) is 12.1 Å². The highest BCUT2D eigenvalue weighted by molar-refractivity contribution is 7.89. The Morgan fingerprint density at radius 3 is 2.74 bits per heavy atom. The van der Waals surface area contributed by atoms with Crippen molar-refractivity contribution in [2.75, 3.05) is 19.8 Å². The van der Waals surface area contributed by atoms with Gasteiger partial charge in [-0.3, -0.25) is 0 Å². The molecule has 6 heteroatoms. The number of hydrogen-bond acceptors (Lipinski definition) is 3. The molecule has 0 spiro atoms. The fraction of sp³-hybridized carbons (Fsp3) is 0.385. The Kier molecular flexibility index (Phi) is 5.65. The smallest absolute Gasteiger partial charge is 0.240 e. The van der Waals surface area contributed by atoms with E-state index >= 15 is 0 Å². The first kappa shape index (κ1) is 15.8. The van der Waals surface area contributed by atoms with Crippen molar-refractivity contribution in [1.82, 2.24) is 4.72 Å². The third-order valence-corrected chi connectivity index (χ3v) is 3.80. The highest BCUT2D eigenvalue weighted by atomic mass is 32.2. The molecule has 0 fully saturated rings. The molecule has 0 aliphatic heterocycles. The molecular weight excluding hydrogens is 269 g/mol. The molecule has 4 nitrogen and oxygen atoms in total. The molecule has 0 amide bonds. The van der Waals surface area contributed by atoms with Crippen LogP contribution in [0.2, 0.25) is 0 Å². The van der Waals surface area contributed by atoms with E-state index in [2.05, 4.69) is 11.3 Å². The van der Waals surface area contributed by atoms with E-state index in [1.54, 1.807) is 6.92 Å². The summed E-state index contributed by atoms with van der Waals surface area (Å²) in [6.45, 7) is 7.81. The van der Waals surface area contributed by atoms with Crippen LogP contribution in [0.15, 0.2) is 35.2 Å². The number of ether oxygens (including phenoxy) is 1. The second kappa shape index (κ2) is 6.79. The number of nitrogens with one attached hydrogen (secondary N) is 1. The summed E-state index contributed by atoms with van der Waals surface area (Å²) in [5.74, 6) is -0.540. The van der Waals surface area contributed by atoms with Crippen LogP contribution in [0.3, 0.4) is 0 Å².